The summed E-state index contributed by atoms with van der Waals surface area (Å²) in [5, 5.41) is 8.67. The van der Waals surface area contributed by atoms with Gasteiger partial charge in [0.05, 0.1) is 6.04 Å². The van der Waals surface area contributed by atoms with Gasteiger partial charge in [0.25, 0.3) is 0 Å². The minimum absolute atomic E-state index is 0. The van der Waals surface area contributed by atoms with Crippen molar-refractivity contribution in [3.05, 3.63) is 0 Å². The van der Waals surface area contributed by atoms with Crippen LogP contribution in [0.1, 0.15) is 58.3 Å². The van der Waals surface area contributed by atoms with E-state index in [0.717, 1.165) is 64.1 Å². The summed E-state index contributed by atoms with van der Waals surface area (Å²) < 4.78 is 0. The van der Waals surface area contributed by atoms with E-state index in [1.807, 2.05) is 14.0 Å². The second-order valence-electron chi connectivity index (χ2n) is 7.35. The van der Waals surface area contributed by atoms with Crippen molar-refractivity contribution in [2.75, 3.05) is 26.7 Å². The molecule has 3 amide bonds. The van der Waals surface area contributed by atoms with Gasteiger partial charge in [-0.05, 0) is 71.6 Å². The standard InChI is InChI=1S/C18H34N4O2.ClH/c1-14(22-12-9-15(10-13-22)8-11-19-2)17(23)21-18(24)20-16-6-4-3-5-7-16;/h14-16,19H,3-13H2,1-2H3,(H2,20,21,23,24);1H. The molecule has 2 fully saturated rings. The minimum atomic E-state index is -0.331. The summed E-state index contributed by atoms with van der Waals surface area (Å²) in [6, 6.07) is -0.347. The van der Waals surface area contributed by atoms with E-state index < -0.39 is 0 Å². The number of carbonyl (C=O) groups is 2. The van der Waals surface area contributed by atoms with Gasteiger partial charge in [0, 0.05) is 6.04 Å². The maximum absolute atomic E-state index is 12.3. The number of halogens is 1. The van der Waals surface area contributed by atoms with Crippen molar-refractivity contribution in [3.63, 3.8) is 0 Å². The molecule has 1 unspecified atom stereocenters. The first-order valence-corrected chi connectivity index (χ1v) is 9.60. The lowest BCUT2D eigenvalue weighted by Gasteiger charge is -2.35. The first-order chi connectivity index (χ1) is 11.6. The second kappa shape index (κ2) is 11.7. The summed E-state index contributed by atoms with van der Waals surface area (Å²) in [6.07, 6.45) is 9.10. The molecule has 2 aliphatic rings. The van der Waals surface area contributed by atoms with Crippen molar-refractivity contribution in [2.24, 2.45) is 5.92 Å². The Labute approximate surface area is 158 Å². The molecule has 0 bridgehead atoms. The third-order valence-electron chi connectivity index (χ3n) is 5.56. The molecular weight excluding hydrogens is 340 g/mol. The van der Waals surface area contributed by atoms with Gasteiger partial charge in [0.1, 0.15) is 0 Å². The lowest BCUT2D eigenvalue weighted by atomic mass is 9.93. The predicted octanol–water partition coefficient (Wildman–Crippen LogP) is 2.28. The smallest absolute Gasteiger partial charge is 0.321 e. The molecule has 3 N–H and O–H groups in total. The highest BCUT2D eigenvalue weighted by molar-refractivity contribution is 5.96. The molecule has 0 aromatic heterocycles. The number of urea groups is 1. The summed E-state index contributed by atoms with van der Waals surface area (Å²) in [6.45, 7) is 4.83. The van der Waals surface area contributed by atoms with E-state index in [0.29, 0.717) is 0 Å². The molecule has 0 radical (unpaired) electrons. The zero-order valence-electron chi connectivity index (χ0n) is 15.7. The van der Waals surface area contributed by atoms with E-state index in [-0.39, 0.29) is 36.4 Å². The zero-order chi connectivity index (χ0) is 17.4. The third-order valence-corrected chi connectivity index (χ3v) is 5.56. The number of hydrogen-bond donors (Lipinski definition) is 3. The molecule has 1 aliphatic heterocycles. The van der Waals surface area contributed by atoms with Gasteiger partial charge in [0.15, 0.2) is 0 Å². The summed E-state index contributed by atoms with van der Waals surface area (Å²) in [5.74, 6) is 0.565. The molecule has 0 spiro atoms. The normalized spacial score (nSPS) is 21.2. The highest BCUT2D eigenvalue weighted by Gasteiger charge is 2.27. The molecular formula is C18H35ClN4O2. The lowest BCUT2D eigenvalue weighted by molar-refractivity contribution is -0.125. The van der Waals surface area contributed by atoms with Crippen LogP contribution < -0.4 is 16.0 Å². The highest BCUT2D eigenvalue weighted by Crippen LogP contribution is 2.21. The zero-order valence-corrected chi connectivity index (χ0v) is 16.5. The number of hydrogen-bond acceptors (Lipinski definition) is 4. The van der Waals surface area contributed by atoms with Gasteiger partial charge >= 0.3 is 6.03 Å². The quantitative estimate of drug-likeness (QED) is 0.666. The molecule has 1 aliphatic carbocycles. The van der Waals surface area contributed by atoms with Crippen LogP contribution in [0.4, 0.5) is 4.79 Å². The number of rotatable bonds is 6. The van der Waals surface area contributed by atoms with Crippen molar-refractivity contribution in [2.45, 2.75) is 70.4 Å². The SMILES string of the molecule is CNCCC1CCN(C(C)C(=O)NC(=O)NC2CCCCC2)CC1.Cl. The van der Waals surface area contributed by atoms with Gasteiger partial charge in [-0.2, -0.15) is 0 Å². The van der Waals surface area contributed by atoms with E-state index >= 15 is 0 Å². The summed E-state index contributed by atoms with van der Waals surface area (Å²) in [7, 11) is 1.99. The molecule has 1 saturated heterocycles. The molecule has 1 heterocycles. The Morgan fingerprint density at radius 2 is 1.72 bits per heavy atom. The third kappa shape index (κ3) is 7.50. The topological polar surface area (TPSA) is 73.5 Å². The van der Waals surface area contributed by atoms with Crippen molar-refractivity contribution < 1.29 is 9.59 Å². The number of carbonyl (C=O) groups excluding carboxylic acids is 2. The van der Waals surface area contributed by atoms with Gasteiger partial charge in [-0.1, -0.05) is 19.3 Å². The van der Waals surface area contributed by atoms with Gasteiger partial charge < -0.3 is 10.6 Å². The number of nitrogens with zero attached hydrogens (tertiary/aromatic N) is 1. The van der Waals surface area contributed by atoms with Crippen LogP contribution in [0.15, 0.2) is 0 Å². The molecule has 7 heteroatoms. The molecule has 6 nitrogen and oxygen atoms in total. The maximum Gasteiger partial charge on any atom is 0.321 e. The fourth-order valence-corrected chi connectivity index (χ4v) is 3.83. The molecule has 1 saturated carbocycles. The number of likely N-dealkylation sites (tertiary alicyclic amines) is 1. The van der Waals surface area contributed by atoms with E-state index in [4.69, 9.17) is 0 Å². The van der Waals surface area contributed by atoms with E-state index in [1.54, 1.807) is 0 Å². The summed E-state index contributed by atoms with van der Waals surface area (Å²) in [4.78, 5) is 26.5. The van der Waals surface area contributed by atoms with Crippen LogP contribution in [-0.2, 0) is 4.79 Å². The summed E-state index contributed by atoms with van der Waals surface area (Å²) in [5.41, 5.74) is 0. The Hall–Kier alpha value is -0.850. The maximum atomic E-state index is 12.3. The lowest BCUT2D eigenvalue weighted by Crippen LogP contribution is -2.53. The van der Waals surface area contributed by atoms with Crippen molar-refractivity contribution in [1.82, 2.24) is 20.9 Å². The average molecular weight is 375 g/mol. The Kier molecular flexibility index (Phi) is 10.4. The first kappa shape index (κ1) is 22.2. The average Bonchev–Trinajstić information content (AvgIpc) is 2.60. The fourth-order valence-electron chi connectivity index (χ4n) is 3.83. The van der Waals surface area contributed by atoms with Crippen LogP contribution in [0.25, 0.3) is 0 Å². The van der Waals surface area contributed by atoms with Gasteiger partial charge in [0.2, 0.25) is 5.91 Å². The minimum Gasteiger partial charge on any atom is -0.335 e. The molecule has 0 aromatic carbocycles. The Bertz CT molecular complexity index is 408. The Morgan fingerprint density at radius 3 is 2.32 bits per heavy atom. The van der Waals surface area contributed by atoms with Crippen LogP contribution in [0, 0.1) is 5.92 Å². The van der Waals surface area contributed by atoms with Crippen LogP contribution >= 0.6 is 12.4 Å². The van der Waals surface area contributed by atoms with Crippen LogP contribution in [0.3, 0.4) is 0 Å². The number of amides is 3. The van der Waals surface area contributed by atoms with E-state index in [2.05, 4.69) is 20.9 Å². The van der Waals surface area contributed by atoms with E-state index in [9.17, 15) is 9.59 Å². The van der Waals surface area contributed by atoms with Gasteiger partial charge in [-0.25, -0.2) is 4.79 Å². The Balaban J connectivity index is 0.00000312. The fraction of sp³-hybridized carbons (Fsp3) is 0.889. The number of nitrogens with one attached hydrogen (secondary N) is 3. The van der Waals surface area contributed by atoms with Crippen molar-refractivity contribution >= 4 is 24.3 Å². The van der Waals surface area contributed by atoms with Crippen molar-refractivity contribution in [3.8, 4) is 0 Å². The molecule has 146 valence electrons. The molecule has 0 aromatic rings. The van der Waals surface area contributed by atoms with Gasteiger partial charge in [-0.15, -0.1) is 12.4 Å². The monoisotopic (exact) mass is 374 g/mol. The van der Waals surface area contributed by atoms with Crippen LogP contribution in [0.2, 0.25) is 0 Å². The first-order valence-electron chi connectivity index (χ1n) is 9.60. The van der Waals surface area contributed by atoms with Crippen molar-refractivity contribution in [1.29, 1.82) is 0 Å². The highest BCUT2D eigenvalue weighted by atomic mass is 35.5. The van der Waals surface area contributed by atoms with Crippen LogP contribution in [0.5, 0.6) is 0 Å². The van der Waals surface area contributed by atoms with Gasteiger partial charge in [-0.3, -0.25) is 15.0 Å². The van der Waals surface area contributed by atoms with E-state index in [1.165, 1.54) is 12.8 Å². The van der Waals surface area contributed by atoms with Crippen LogP contribution in [-0.4, -0.2) is 55.6 Å². The summed E-state index contributed by atoms with van der Waals surface area (Å²) >= 11 is 0. The largest absolute Gasteiger partial charge is 0.335 e. The molecule has 25 heavy (non-hydrogen) atoms. The predicted molar refractivity (Wildman–Crippen MR) is 103 cm³/mol. The number of imide groups is 1. The molecule has 2 rings (SSSR count). The molecule has 1 atom stereocenters. The number of piperidine rings is 1. The second-order valence-corrected chi connectivity index (χ2v) is 7.35. The Morgan fingerprint density at radius 1 is 1.08 bits per heavy atom.